The summed E-state index contributed by atoms with van der Waals surface area (Å²) in [7, 11) is 0. The number of rotatable bonds is 3. The van der Waals surface area contributed by atoms with Crippen LogP contribution in [0.3, 0.4) is 0 Å². The van der Waals surface area contributed by atoms with Crippen molar-refractivity contribution >= 4 is 33.8 Å². The number of carbonyl (C=O) groups is 1. The smallest absolute Gasteiger partial charge is 0.150 e. The molecule has 0 saturated heterocycles. The van der Waals surface area contributed by atoms with E-state index in [0.29, 0.717) is 10.6 Å². The van der Waals surface area contributed by atoms with Crippen LogP contribution < -0.4 is 0 Å². The zero-order valence-corrected chi connectivity index (χ0v) is 8.73. The third kappa shape index (κ3) is 2.32. The lowest BCUT2D eigenvalue weighted by atomic mass is 10.1. The van der Waals surface area contributed by atoms with Crippen molar-refractivity contribution in [2.75, 3.05) is 5.33 Å². The molecule has 0 spiro atoms. The van der Waals surface area contributed by atoms with E-state index < -0.39 is 0 Å². The summed E-state index contributed by atoms with van der Waals surface area (Å²) in [6.07, 6.45) is 1.68. The second-order valence-corrected chi connectivity index (χ2v) is 3.61. The maximum Gasteiger partial charge on any atom is 0.150 e. The highest BCUT2D eigenvalue weighted by Gasteiger charge is 1.99. The van der Waals surface area contributed by atoms with Gasteiger partial charge in [0.2, 0.25) is 0 Å². The summed E-state index contributed by atoms with van der Waals surface area (Å²) in [5.41, 5.74) is 1.69. The lowest BCUT2D eigenvalue weighted by Gasteiger charge is -2.01. The van der Waals surface area contributed by atoms with Gasteiger partial charge in [0, 0.05) is 15.9 Å². The van der Waals surface area contributed by atoms with Crippen LogP contribution in [0.1, 0.15) is 15.9 Å². The number of alkyl halides is 1. The van der Waals surface area contributed by atoms with E-state index in [1.807, 2.05) is 6.07 Å². The van der Waals surface area contributed by atoms with Crippen LogP contribution in [-0.2, 0) is 6.42 Å². The molecule has 0 fully saturated rings. The highest BCUT2D eigenvalue weighted by Crippen LogP contribution is 2.18. The Hall–Kier alpha value is -0.340. The fourth-order valence-electron chi connectivity index (χ4n) is 0.941. The van der Waals surface area contributed by atoms with Gasteiger partial charge in [0.1, 0.15) is 6.29 Å². The predicted molar refractivity (Wildman–Crippen MR) is 54.3 cm³/mol. The van der Waals surface area contributed by atoms with E-state index >= 15 is 0 Å². The average Bonchev–Trinajstić information content (AvgIpc) is 2.09. The van der Waals surface area contributed by atoms with E-state index in [-0.39, 0.29) is 0 Å². The van der Waals surface area contributed by atoms with Gasteiger partial charge in [0.15, 0.2) is 0 Å². The SMILES string of the molecule is O=Cc1ccc(CCBr)c(Cl)c1. The van der Waals surface area contributed by atoms with Crippen molar-refractivity contribution in [1.82, 2.24) is 0 Å². The summed E-state index contributed by atoms with van der Waals surface area (Å²) in [4.78, 5) is 10.4. The molecule has 0 aliphatic carbocycles. The second-order valence-electron chi connectivity index (χ2n) is 2.41. The number of hydrogen-bond acceptors (Lipinski definition) is 1. The first kappa shape index (κ1) is 9.75. The van der Waals surface area contributed by atoms with Crippen molar-refractivity contribution in [3.05, 3.63) is 34.3 Å². The Kier molecular flexibility index (Phi) is 3.76. The van der Waals surface area contributed by atoms with Crippen molar-refractivity contribution in [2.45, 2.75) is 6.42 Å². The van der Waals surface area contributed by atoms with Crippen LogP contribution in [0.2, 0.25) is 5.02 Å². The fraction of sp³-hybridized carbons (Fsp3) is 0.222. The van der Waals surface area contributed by atoms with Gasteiger partial charge in [-0.15, -0.1) is 0 Å². The Balaban J connectivity index is 2.94. The number of carbonyl (C=O) groups excluding carboxylic acids is 1. The monoisotopic (exact) mass is 246 g/mol. The van der Waals surface area contributed by atoms with E-state index in [1.54, 1.807) is 12.1 Å². The van der Waals surface area contributed by atoms with E-state index in [4.69, 9.17) is 11.6 Å². The van der Waals surface area contributed by atoms with Crippen molar-refractivity contribution in [3.63, 3.8) is 0 Å². The summed E-state index contributed by atoms with van der Waals surface area (Å²) in [6.45, 7) is 0. The van der Waals surface area contributed by atoms with Crippen LogP contribution in [0.4, 0.5) is 0 Å². The number of benzene rings is 1. The first-order valence-corrected chi connectivity index (χ1v) is 5.07. The largest absolute Gasteiger partial charge is 0.298 e. The van der Waals surface area contributed by atoms with E-state index in [1.165, 1.54) is 0 Å². The molecule has 0 N–H and O–H groups in total. The molecule has 3 heteroatoms. The second kappa shape index (κ2) is 4.63. The molecule has 0 aromatic heterocycles. The maximum absolute atomic E-state index is 10.4. The maximum atomic E-state index is 10.4. The van der Waals surface area contributed by atoms with Gasteiger partial charge in [-0.2, -0.15) is 0 Å². The number of halogens is 2. The molecule has 0 amide bonds. The lowest BCUT2D eigenvalue weighted by Crippen LogP contribution is -1.89. The molecule has 1 nitrogen and oxygen atoms in total. The Morgan fingerprint density at radius 1 is 1.50 bits per heavy atom. The van der Waals surface area contributed by atoms with Gasteiger partial charge >= 0.3 is 0 Å². The summed E-state index contributed by atoms with van der Waals surface area (Å²) in [5, 5.41) is 1.55. The molecule has 0 bridgehead atoms. The third-order valence-electron chi connectivity index (χ3n) is 1.58. The molecule has 0 saturated carbocycles. The molecule has 0 aliphatic rings. The minimum Gasteiger partial charge on any atom is -0.298 e. The highest BCUT2D eigenvalue weighted by atomic mass is 79.9. The minimum atomic E-state index is 0.623. The molecule has 1 rings (SSSR count). The van der Waals surface area contributed by atoms with Gasteiger partial charge in [-0.1, -0.05) is 39.7 Å². The van der Waals surface area contributed by atoms with Crippen LogP contribution in [0.5, 0.6) is 0 Å². The molecule has 0 heterocycles. The summed E-state index contributed by atoms with van der Waals surface area (Å²) in [6, 6.07) is 5.34. The molecule has 0 atom stereocenters. The zero-order valence-electron chi connectivity index (χ0n) is 6.39. The fourth-order valence-corrected chi connectivity index (χ4v) is 1.65. The minimum absolute atomic E-state index is 0.623. The van der Waals surface area contributed by atoms with E-state index in [2.05, 4.69) is 15.9 Å². The standard InChI is InChI=1S/C9H8BrClO/c10-4-3-8-2-1-7(6-12)5-9(8)11/h1-2,5-6H,3-4H2. The molecule has 12 heavy (non-hydrogen) atoms. The lowest BCUT2D eigenvalue weighted by molar-refractivity contribution is 0.112. The number of hydrogen-bond donors (Lipinski definition) is 0. The van der Waals surface area contributed by atoms with E-state index in [9.17, 15) is 4.79 Å². The van der Waals surface area contributed by atoms with Crippen LogP contribution in [0.15, 0.2) is 18.2 Å². The number of aldehydes is 1. The van der Waals surface area contributed by atoms with Gasteiger partial charge < -0.3 is 0 Å². The molecule has 0 radical (unpaired) electrons. The Bertz CT molecular complexity index is 286. The van der Waals surface area contributed by atoms with Gasteiger partial charge in [0.05, 0.1) is 0 Å². The first-order valence-electron chi connectivity index (χ1n) is 3.57. The zero-order chi connectivity index (χ0) is 8.97. The molecular formula is C9H8BrClO. The Morgan fingerprint density at radius 2 is 2.25 bits per heavy atom. The van der Waals surface area contributed by atoms with Gasteiger partial charge in [-0.05, 0) is 18.1 Å². The first-order chi connectivity index (χ1) is 5.77. The van der Waals surface area contributed by atoms with Crippen molar-refractivity contribution in [1.29, 1.82) is 0 Å². The van der Waals surface area contributed by atoms with E-state index in [0.717, 1.165) is 23.6 Å². The normalized spacial score (nSPS) is 9.83. The molecule has 64 valence electrons. The Morgan fingerprint density at radius 3 is 2.75 bits per heavy atom. The summed E-state index contributed by atoms with van der Waals surface area (Å²) in [5.74, 6) is 0. The molecular weight excluding hydrogens is 239 g/mol. The predicted octanol–water partition coefficient (Wildman–Crippen LogP) is 3.09. The summed E-state index contributed by atoms with van der Waals surface area (Å²) >= 11 is 9.23. The van der Waals surface area contributed by atoms with Crippen molar-refractivity contribution in [2.24, 2.45) is 0 Å². The van der Waals surface area contributed by atoms with Gasteiger partial charge in [-0.25, -0.2) is 0 Å². The third-order valence-corrected chi connectivity index (χ3v) is 2.33. The quantitative estimate of drug-likeness (QED) is 0.592. The highest BCUT2D eigenvalue weighted by molar-refractivity contribution is 9.09. The van der Waals surface area contributed by atoms with Crippen LogP contribution in [0, 0.1) is 0 Å². The van der Waals surface area contributed by atoms with Crippen molar-refractivity contribution < 1.29 is 4.79 Å². The molecule has 1 aromatic carbocycles. The van der Waals surface area contributed by atoms with Crippen molar-refractivity contribution in [3.8, 4) is 0 Å². The van der Waals surface area contributed by atoms with Crippen LogP contribution in [-0.4, -0.2) is 11.6 Å². The molecule has 1 aromatic rings. The number of aryl methyl sites for hydroxylation is 1. The molecule has 0 aliphatic heterocycles. The summed E-state index contributed by atoms with van der Waals surface area (Å²) < 4.78 is 0. The van der Waals surface area contributed by atoms with Crippen LogP contribution >= 0.6 is 27.5 Å². The van der Waals surface area contributed by atoms with Gasteiger partial charge in [0.25, 0.3) is 0 Å². The Labute approximate surface area is 84.9 Å². The molecule has 0 unspecified atom stereocenters. The average molecular weight is 248 g/mol. The van der Waals surface area contributed by atoms with Crippen LogP contribution in [0.25, 0.3) is 0 Å². The topological polar surface area (TPSA) is 17.1 Å². The van der Waals surface area contributed by atoms with Gasteiger partial charge in [-0.3, -0.25) is 4.79 Å².